The molecule has 98 valence electrons. The number of nitrogens with zero attached hydrogens (tertiary/aromatic N) is 1. The van der Waals surface area contributed by atoms with E-state index in [0.717, 1.165) is 31.4 Å². The van der Waals surface area contributed by atoms with Gasteiger partial charge in [0.25, 0.3) is 5.69 Å². The summed E-state index contributed by atoms with van der Waals surface area (Å²) in [5.41, 5.74) is 1.67. The van der Waals surface area contributed by atoms with Crippen molar-refractivity contribution in [3.8, 4) is 0 Å². The van der Waals surface area contributed by atoms with E-state index in [1.807, 2.05) is 13.0 Å². The summed E-state index contributed by atoms with van der Waals surface area (Å²) in [5, 5.41) is 14.1. The minimum Gasteiger partial charge on any atom is -0.379 e. The molecule has 0 saturated carbocycles. The first kappa shape index (κ1) is 12.8. The van der Waals surface area contributed by atoms with Crippen LogP contribution in [0, 0.1) is 17.0 Å². The molecule has 1 saturated heterocycles. The van der Waals surface area contributed by atoms with Crippen molar-refractivity contribution in [3.63, 3.8) is 0 Å². The first-order valence-electron chi connectivity index (χ1n) is 6.28. The Labute approximate surface area is 106 Å². The minimum atomic E-state index is -0.346. The van der Waals surface area contributed by atoms with Crippen molar-refractivity contribution in [2.24, 2.45) is 0 Å². The Morgan fingerprint density at radius 2 is 2.39 bits per heavy atom. The molecule has 1 aliphatic heterocycles. The normalized spacial score (nSPS) is 18.8. The van der Waals surface area contributed by atoms with Crippen molar-refractivity contribution in [1.29, 1.82) is 0 Å². The van der Waals surface area contributed by atoms with Gasteiger partial charge >= 0.3 is 0 Å². The molecular formula is C13H18N2O3. The van der Waals surface area contributed by atoms with Gasteiger partial charge in [0.15, 0.2) is 0 Å². The van der Waals surface area contributed by atoms with E-state index in [1.54, 1.807) is 6.07 Å². The highest BCUT2D eigenvalue weighted by atomic mass is 16.6. The number of benzene rings is 1. The van der Waals surface area contributed by atoms with E-state index in [-0.39, 0.29) is 10.6 Å². The molecule has 5 nitrogen and oxygen atoms in total. The zero-order valence-electron chi connectivity index (χ0n) is 10.5. The lowest BCUT2D eigenvalue weighted by atomic mass is 10.1. The standard InChI is InChI=1S/C13H18N2O3/c1-10-4-2-6-12(15(16)17)13(10)14-8-7-11-5-3-9-18-11/h2,4,6,11,14H,3,5,7-9H2,1H3. The summed E-state index contributed by atoms with van der Waals surface area (Å²) in [6.45, 7) is 3.42. The van der Waals surface area contributed by atoms with Crippen molar-refractivity contribution in [1.82, 2.24) is 0 Å². The molecule has 0 radical (unpaired) electrons. The van der Waals surface area contributed by atoms with Gasteiger partial charge in [-0.15, -0.1) is 0 Å². The molecule has 0 aliphatic carbocycles. The maximum atomic E-state index is 10.9. The lowest BCUT2D eigenvalue weighted by Gasteiger charge is -2.12. The zero-order chi connectivity index (χ0) is 13.0. The second-order valence-corrected chi connectivity index (χ2v) is 4.58. The molecule has 1 heterocycles. The summed E-state index contributed by atoms with van der Waals surface area (Å²) >= 11 is 0. The third-order valence-corrected chi connectivity index (χ3v) is 3.24. The monoisotopic (exact) mass is 250 g/mol. The molecule has 18 heavy (non-hydrogen) atoms. The van der Waals surface area contributed by atoms with E-state index in [9.17, 15) is 10.1 Å². The van der Waals surface area contributed by atoms with Gasteiger partial charge in [0, 0.05) is 19.2 Å². The molecule has 1 fully saturated rings. The van der Waals surface area contributed by atoms with E-state index in [2.05, 4.69) is 5.32 Å². The van der Waals surface area contributed by atoms with Crippen molar-refractivity contribution >= 4 is 11.4 Å². The summed E-state index contributed by atoms with van der Waals surface area (Å²) in [4.78, 5) is 10.6. The first-order valence-corrected chi connectivity index (χ1v) is 6.28. The topological polar surface area (TPSA) is 64.4 Å². The fourth-order valence-corrected chi connectivity index (χ4v) is 2.26. The van der Waals surface area contributed by atoms with Crippen LogP contribution < -0.4 is 5.32 Å². The van der Waals surface area contributed by atoms with Gasteiger partial charge < -0.3 is 10.1 Å². The molecule has 5 heteroatoms. The summed E-state index contributed by atoms with van der Waals surface area (Å²) < 4.78 is 5.52. The molecule has 0 amide bonds. The van der Waals surface area contributed by atoms with Crippen LogP contribution in [0.3, 0.4) is 0 Å². The van der Waals surface area contributed by atoms with Gasteiger partial charge in [-0.1, -0.05) is 12.1 Å². The van der Waals surface area contributed by atoms with Crippen molar-refractivity contribution in [2.45, 2.75) is 32.3 Å². The van der Waals surface area contributed by atoms with Gasteiger partial charge in [-0.25, -0.2) is 0 Å². The number of aryl methyl sites for hydroxylation is 1. The third-order valence-electron chi connectivity index (χ3n) is 3.24. The smallest absolute Gasteiger partial charge is 0.292 e. The van der Waals surface area contributed by atoms with Crippen LogP contribution in [0.15, 0.2) is 18.2 Å². The van der Waals surface area contributed by atoms with Crippen molar-refractivity contribution in [2.75, 3.05) is 18.5 Å². The molecule has 1 aliphatic rings. The highest BCUT2D eigenvalue weighted by Gasteiger charge is 2.17. The summed E-state index contributed by atoms with van der Waals surface area (Å²) in [5.74, 6) is 0. The zero-order valence-corrected chi connectivity index (χ0v) is 10.5. The molecule has 1 aromatic rings. The number of hydrogen-bond acceptors (Lipinski definition) is 4. The van der Waals surface area contributed by atoms with E-state index in [4.69, 9.17) is 4.74 Å². The Balaban J connectivity index is 1.97. The minimum absolute atomic E-state index is 0.141. The van der Waals surface area contributed by atoms with Crippen LogP contribution in [0.2, 0.25) is 0 Å². The molecule has 0 spiro atoms. The quantitative estimate of drug-likeness (QED) is 0.644. The Kier molecular flexibility index (Phi) is 4.15. The van der Waals surface area contributed by atoms with Crippen LogP contribution in [0.5, 0.6) is 0 Å². The molecular weight excluding hydrogens is 232 g/mol. The van der Waals surface area contributed by atoms with E-state index >= 15 is 0 Å². The van der Waals surface area contributed by atoms with E-state index < -0.39 is 0 Å². The van der Waals surface area contributed by atoms with Crippen LogP contribution in [0.4, 0.5) is 11.4 Å². The van der Waals surface area contributed by atoms with Crippen LogP contribution in [-0.4, -0.2) is 24.2 Å². The predicted octanol–water partition coefficient (Wildman–Crippen LogP) is 2.88. The maximum absolute atomic E-state index is 10.9. The average Bonchev–Trinajstić information content (AvgIpc) is 2.84. The molecule has 0 aromatic heterocycles. The van der Waals surface area contributed by atoms with Gasteiger partial charge in [-0.3, -0.25) is 10.1 Å². The van der Waals surface area contributed by atoms with Crippen LogP contribution in [0.1, 0.15) is 24.8 Å². The Morgan fingerprint density at radius 3 is 3.06 bits per heavy atom. The largest absolute Gasteiger partial charge is 0.379 e. The van der Waals surface area contributed by atoms with Gasteiger partial charge in [-0.05, 0) is 31.7 Å². The van der Waals surface area contributed by atoms with Gasteiger partial charge in [0.1, 0.15) is 5.69 Å². The number of nitro groups is 1. The third kappa shape index (κ3) is 2.98. The second-order valence-electron chi connectivity index (χ2n) is 4.58. The second kappa shape index (κ2) is 5.82. The number of ether oxygens (including phenoxy) is 1. The molecule has 2 rings (SSSR count). The molecule has 0 bridgehead atoms. The van der Waals surface area contributed by atoms with Crippen LogP contribution >= 0.6 is 0 Å². The number of nitrogens with one attached hydrogen (secondary N) is 1. The number of anilines is 1. The van der Waals surface area contributed by atoms with Crippen molar-refractivity contribution in [3.05, 3.63) is 33.9 Å². The molecule has 1 unspecified atom stereocenters. The Bertz CT molecular complexity index is 428. The van der Waals surface area contributed by atoms with E-state index in [0.29, 0.717) is 18.3 Å². The molecule has 1 aromatic carbocycles. The average molecular weight is 250 g/mol. The number of nitro benzene ring substituents is 1. The van der Waals surface area contributed by atoms with Gasteiger partial charge in [0.2, 0.25) is 0 Å². The van der Waals surface area contributed by atoms with Crippen molar-refractivity contribution < 1.29 is 9.66 Å². The van der Waals surface area contributed by atoms with Crippen LogP contribution in [0.25, 0.3) is 0 Å². The van der Waals surface area contributed by atoms with E-state index in [1.165, 1.54) is 6.07 Å². The molecule has 1 N–H and O–H groups in total. The predicted molar refractivity (Wildman–Crippen MR) is 69.9 cm³/mol. The number of rotatable bonds is 5. The highest BCUT2D eigenvalue weighted by Crippen LogP contribution is 2.27. The number of para-hydroxylation sites is 1. The summed E-state index contributed by atoms with van der Waals surface area (Å²) in [6, 6.07) is 5.11. The lowest BCUT2D eigenvalue weighted by molar-refractivity contribution is -0.384. The Morgan fingerprint density at radius 1 is 1.56 bits per heavy atom. The maximum Gasteiger partial charge on any atom is 0.292 e. The van der Waals surface area contributed by atoms with Gasteiger partial charge in [0.05, 0.1) is 11.0 Å². The first-order chi connectivity index (χ1) is 8.68. The van der Waals surface area contributed by atoms with Gasteiger partial charge in [-0.2, -0.15) is 0 Å². The summed E-state index contributed by atoms with van der Waals surface area (Å²) in [6.07, 6.45) is 3.42. The fourth-order valence-electron chi connectivity index (χ4n) is 2.26. The molecule has 1 atom stereocenters. The summed E-state index contributed by atoms with van der Waals surface area (Å²) in [7, 11) is 0. The lowest BCUT2D eigenvalue weighted by Crippen LogP contribution is -2.13. The SMILES string of the molecule is Cc1cccc([N+](=O)[O-])c1NCCC1CCCO1. The number of hydrogen-bond donors (Lipinski definition) is 1. The fraction of sp³-hybridized carbons (Fsp3) is 0.538. The Hall–Kier alpha value is -1.62. The highest BCUT2D eigenvalue weighted by molar-refractivity contribution is 5.65. The van der Waals surface area contributed by atoms with Crippen LogP contribution in [-0.2, 0) is 4.74 Å².